The lowest BCUT2D eigenvalue weighted by atomic mass is 10.2. The molecule has 1 aromatic rings. The highest BCUT2D eigenvalue weighted by Gasteiger charge is 2.10. The molecule has 0 aliphatic heterocycles. The molecule has 1 aromatic heterocycles. The Morgan fingerprint density at radius 3 is 2.84 bits per heavy atom. The van der Waals surface area contributed by atoms with E-state index in [4.69, 9.17) is 0 Å². The fourth-order valence-corrected chi connectivity index (χ4v) is 1.74. The van der Waals surface area contributed by atoms with Crippen LogP contribution >= 0.6 is 0 Å². The molecule has 2 N–H and O–H groups in total. The van der Waals surface area contributed by atoms with Crippen molar-refractivity contribution in [2.75, 3.05) is 13.1 Å². The minimum Gasteiger partial charge on any atom is -0.355 e. The molecule has 0 bridgehead atoms. The molecule has 6 heteroatoms. The molecule has 108 valence electrons. The number of rotatable bonds is 10. The quantitative estimate of drug-likeness (QED) is 0.619. The van der Waals surface area contributed by atoms with Crippen LogP contribution in [-0.4, -0.2) is 40.0 Å². The normalized spacial score (nSPS) is 12.3. The average molecular weight is 267 g/mol. The Morgan fingerprint density at radius 1 is 1.32 bits per heavy atom. The zero-order chi connectivity index (χ0) is 13.9. The first-order valence-electron chi connectivity index (χ1n) is 7.09. The molecule has 1 unspecified atom stereocenters. The van der Waals surface area contributed by atoms with Gasteiger partial charge in [0, 0.05) is 19.3 Å². The van der Waals surface area contributed by atoms with E-state index in [9.17, 15) is 4.79 Å². The number of hydrogen-bond donors (Lipinski definition) is 2. The third-order valence-corrected chi connectivity index (χ3v) is 2.96. The number of nitrogens with zero attached hydrogens (tertiary/aromatic N) is 3. The highest BCUT2D eigenvalue weighted by Crippen LogP contribution is 1.92. The van der Waals surface area contributed by atoms with Crippen molar-refractivity contribution in [3.05, 3.63) is 12.4 Å². The third kappa shape index (κ3) is 6.91. The lowest BCUT2D eigenvalue weighted by Gasteiger charge is -2.13. The topological polar surface area (TPSA) is 71.8 Å². The summed E-state index contributed by atoms with van der Waals surface area (Å²) in [4.78, 5) is 11.7. The predicted octanol–water partition coefficient (Wildman–Crippen LogP) is 0.953. The zero-order valence-corrected chi connectivity index (χ0v) is 11.9. The SMILES string of the molecule is CCCCCNC(=O)C(C)NCCCn1ccnn1. The van der Waals surface area contributed by atoms with Crippen molar-refractivity contribution >= 4 is 5.91 Å². The number of unbranched alkanes of at least 4 members (excludes halogenated alkanes) is 2. The van der Waals surface area contributed by atoms with Gasteiger partial charge in [-0.05, 0) is 26.3 Å². The van der Waals surface area contributed by atoms with Gasteiger partial charge < -0.3 is 10.6 Å². The van der Waals surface area contributed by atoms with E-state index in [-0.39, 0.29) is 11.9 Å². The van der Waals surface area contributed by atoms with Crippen LogP contribution in [-0.2, 0) is 11.3 Å². The summed E-state index contributed by atoms with van der Waals surface area (Å²) in [5.74, 6) is 0.0804. The summed E-state index contributed by atoms with van der Waals surface area (Å²) in [6, 6.07) is -0.141. The van der Waals surface area contributed by atoms with Gasteiger partial charge in [0.05, 0.1) is 12.2 Å². The van der Waals surface area contributed by atoms with E-state index in [1.807, 2.05) is 13.1 Å². The van der Waals surface area contributed by atoms with Gasteiger partial charge in [-0.25, -0.2) is 0 Å². The van der Waals surface area contributed by atoms with Gasteiger partial charge in [-0.2, -0.15) is 0 Å². The minimum absolute atomic E-state index is 0.0804. The van der Waals surface area contributed by atoms with Gasteiger partial charge in [0.1, 0.15) is 0 Å². The van der Waals surface area contributed by atoms with Crippen LogP contribution in [0.15, 0.2) is 12.4 Å². The molecular formula is C13H25N5O. The molecule has 0 aliphatic rings. The van der Waals surface area contributed by atoms with E-state index >= 15 is 0 Å². The lowest BCUT2D eigenvalue weighted by molar-refractivity contribution is -0.122. The average Bonchev–Trinajstić information content (AvgIpc) is 2.92. The number of carbonyl (C=O) groups excluding carboxylic acids is 1. The van der Waals surface area contributed by atoms with Gasteiger partial charge in [0.25, 0.3) is 0 Å². The van der Waals surface area contributed by atoms with Gasteiger partial charge in [-0.15, -0.1) is 5.10 Å². The molecule has 0 saturated carbocycles. The van der Waals surface area contributed by atoms with E-state index in [1.165, 1.54) is 12.8 Å². The summed E-state index contributed by atoms with van der Waals surface area (Å²) in [7, 11) is 0. The Bertz CT molecular complexity index is 339. The van der Waals surface area contributed by atoms with Crippen molar-refractivity contribution < 1.29 is 4.79 Å². The first-order chi connectivity index (χ1) is 9.24. The molecule has 19 heavy (non-hydrogen) atoms. The zero-order valence-electron chi connectivity index (χ0n) is 11.9. The fourth-order valence-electron chi connectivity index (χ4n) is 1.74. The van der Waals surface area contributed by atoms with Gasteiger partial charge in [-0.1, -0.05) is 25.0 Å². The molecule has 0 fully saturated rings. The minimum atomic E-state index is -0.141. The molecule has 1 heterocycles. The monoisotopic (exact) mass is 267 g/mol. The molecule has 1 atom stereocenters. The lowest BCUT2D eigenvalue weighted by Crippen LogP contribution is -2.42. The maximum absolute atomic E-state index is 11.7. The maximum atomic E-state index is 11.7. The summed E-state index contributed by atoms with van der Waals surface area (Å²) in [6.45, 7) is 6.44. The van der Waals surface area contributed by atoms with Crippen LogP contribution in [0.5, 0.6) is 0 Å². The van der Waals surface area contributed by atoms with E-state index in [0.717, 1.165) is 32.5 Å². The van der Waals surface area contributed by atoms with Gasteiger partial charge in [-0.3, -0.25) is 9.48 Å². The smallest absolute Gasteiger partial charge is 0.236 e. The molecule has 1 amide bonds. The molecular weight excluding hydrogens is 242 g/mol. The molecule has 0 radical (unpaired) electrons. The van der Waals surface area contributed by atoms with Crippen LogP contribution in [0.4, 0.5) is 0 Å². The Morgan fingerprint density at radius 2 is 2.16 bits per heavy atom. The van der Waals surface area contributed by atoms with Crippen molar-refractivity contribution in [2.24, 2.45) is 0 Å². The molecule has 1 rings (SSSR count). The summed E-state index contributed by atoms with van der Waals surface area (Å²) >= 11 is 0. The summed E-state index contributed by atoms with van der Waals surface area (Å²) in [6.07, 6.45) is 7.83. The van der Waals surface area contributed by atoms with E-state index in [0.29, 0.717) is 0 Å². The molecule has 0 saturated heterocycles. The second-order valence-electron chi connectivity index (χ2n) is 4.69. The van der Waals surface area contributed by atoms with Crippen LogP contribution in [0.3, 0.4) is 0 Å². The van der Waals surface area contributed by atoms with E-state index < -0.39 is 0 Å². The van der Waals surface area contributed by atoms with Crippen LogP contribution < -0.4 is 10.6 Å². The van der Waals surface area contributed by atoms with Crippen molar-refractivity contribution in [3.8, 4) is 0 Å². The number of amides is 1. The molecule has 0 aromatic carbocycles. The Hall–Kier alpha value is -1.43. The van der Waals surface area contributed by atoms with Gasteiger partial charge in [0.2, 0.25) is 5.91 Å². The second-order valence-corrected chi connectivity index (χ2v) is 4.69. The Kier molecular flexibility index (Phi) is 7.81. The van der Waals surface area contributed by atoms with Crippen molar-refractivity contribution in [1.29, 1.82) is 0 Å². The number of nitrogens with one attached hydrogen (secondary N) is 2. The second kappa shape index (κ2) is 9.49. The largest absolute Gasteiger partial charge is 0.355 e. The van der Waals surface area contributed by atoms with Crippen LogP contribution in [0.1, 0.15) is 39.5 Å². The highest BCUT2D eigenvalue weighted by molar-refractivity contribution is 5.81. The number of aromatic nitrogens is 3. The maximum Gasteiger partial charge on any atom is 0.236 e. The van der Waals surface area contributed by atoms with Crippen LogP contribution in [0.2, 0.25) is 0 Å². The number of aryl methyl sites for hydroxylation is 1. The summed E-state index contributed by atoms with van der Waals surface area (Å²) in [5.41, 5.74) is 0. The summed E-state index contributed by atoms with van der Waals surface area (Å²) in [5, 5.41) is 13.8. The standard InChI is InChI=1S/C13H25N5O/c1-3-4-5-7-15-13(19)12(2)14-8-6-10-18-11-9-16-17-18/h9,11-12,14H,3-8,10H2,1-2H3,(H,15,19). The van der Waals surface area contributed by atoms with E-state index in [2.05, 4.69) is 27.9 Å². The number of carbonyl (C=O) groups is 1. The van der Waals surface area contributed by atoms with Gasteiger partial charge >= 0.3 is 0 Å². The van der Waals surface area contributed by atoms with Crippen molar-refractivity contribution in [3.63, 3.8) is 0 Å². The predicted molar refractivity (Wildman–Crippen MR) is 74.6 cm³/mol. The molecule has 0 aliphatic carbocycles. The first-order valence-corrected chi connectivity index (χ1v) is 7.09. The van der Waals surface area contributed by atoms with E-state index in [1.54, 1.807) is 10.9 Å². The van der Waals surface area contributed by atoms with Crippen molar-refractivity contribution in [2.45, 2.75) is 52.1 Å². The fraction of sp³-hybridized carbons (Fsp3) is 0.769. The number of hydrogen-bond acceptors (Lipinski definition) is 4. The first kappa shape index (κ1) is 15.6. The van der Waals surface area contributed by atoms with Gasteiger partial charge in [0.15, 0.2) is 0 Å². The third-order valence-electron chi connectivity index (χ3n) is 2.96. The molecule has 6 nitrogen and oxygen atoms in total. The Balaban J connectivity index is 2.02. The Labute approximate surface area is 115 Å². The van der Waals surface area contributed by atoms with Crippen LogP contribution in [0, 0.1) is 0 Å². The summed E-state index contributed by atoms with van der Waals surface area (Å²) < 4.78 is 1.79. The van der Waals surface area contributed by atoms with Crippen molar-refractivity contribution in [1.82, 2.24) is 25.6 Å². The highest BCUT2D eigenvalue weighted by atomic mass is 16.2. The van der Waals surface area contributed by atoms with Crippen LogP contribution in [0.25, 0.3) is 0 Å². The molecule has 0 spiro atoms.